The molecule has 1 atom stereocenters. The quantitative estimate of drug-likeness (QED) is 0.272. The number of hydrogen-bond acceptors (Lipinski definition) is 8. The van der Waals surface area contributed by atoms with Crippen LogP contribution in [0.2, 0.25) is 10.0 Å². The number of carbonyl (C=O) groups is 4. The van der Waals surface area contributed by atoms with Crippen molar-refractivity contribution >= 4 is 52.6 Å². The number of amides is 2. The smallest absolute Gasteiger partial charge is 0.338 e. The molecule has 0 saturated carbocycles. The van der Waals surface area contributed by atoms with Gasteiger partial charge in [0.2, 0.25) is 5.91 Å². The minimum atomic E-state index is -0.873. The van der Waals surface area contributed by atoms with Gasteiger partial charge in [0, 0.05) is 27.7 Å². The maximum absolute atomic E-state index is 12.5. The van der Waals surface area contributed by atoms with Crippen molar-refractivity contribution in [2.45, 2.75) is 19.4 Å². The van der Waals surface area contributed by atoms with Gasteiger partial charge in [-0.3, -0.25) is 24.5 Å². The lowest BCUT2D eigenvalue weighted by Crippen LogP contribution is -2.39. The second-order valence-electron chi connectivity index (χ2n) is 7.03. The molecule has 2 aromatic carbocycles. The minimum Gasteiger partial charge on any atom is -0.466 e. The molecule has 35 heavy (non-hydrogen) atoms. The van der Waals surface area contributed by atoms with E-state index in [-0.39, 0.29) is 34.2 Å². The lowest BCUT2D eigenvalue weighted by molar-refractivity contribution is -0.384. The fourth-order valence-corrected chi connectivity index (χ4v) is 3.55. The van der Waals surface area contributed by atoms with Crippen LogP contribution in [0.15, 0.2) is 36.4 Å². The molecule has 186 valence electrons. The number of non-ortho nitro benzene ring substituents is 1. The normalized spacial score (nSPS) is 11.2. The number of esters is 2. The molecule has 1 unspecified atom stereocenters. The average Bonchev–Trinajstić information content (AvgIpc) is 2.80. The molecule has 0 fully saturated rings. The van der Waals surface area contributed by atoms with Gasteiger partial charge in [-0.1, -0.05) is 23.2 Å². The van der Waals surface area contributed by atoms with Gasteiger partial charge in [0.25, 0.3) is 11.6 Å². The van der Waals surface area contributed by atoms with E-state index in [1.807, 2.05) is 0 Å². The third-order valence-electron chi connectivity index (χ3n) is 4.52. The molecule has 0 aliphatic carbocycles. The first kappa shape index (κ1) is 27.5. The minimum absolute atomic E-state index is 0.142. The van der Waals surface area contributed by atoms with Crippen LogP contribution in [-0.4, -0.2) is 48.9 Å². The molecular weight excluding hydrogens is 505 g/mol. The molecule has 0 aromatic heterocycles. The molecule has 2 N–H and O–H groups in total. The number of halogens is 2. The maximum atomic E-state index is 12.5. The Morgan fingerprint density at radius 1 is 1.03 bits per heavy atom. The number of rotatable bonds is 10. The van der Waals surface area contributed by atoms with E-state index in [0.717, 1.165) is 25.3 Å². The molecule has 11 nitrogen and oxygen atoms in total. The van der Waals surface area contributed by atoms with E-state index in [1.165, 1.54) is 18.2 Å². The molecule has 0 spiro atoms. The summed E-state index contributed by atoms with van der Waals surface area (Å²) >= 11 is 12.1. The van der Waals surface area contributed by atoms with Crippen LogP contribution in [0.4, 0.5) is 5.69 Å². The van der Waals surface area contributed by atoms with E-state index in [0.29, 0.717) is 5.56 Å². The molecule has 0 radical (unpaired) electrons. The van der Waals surface area contributed by atoms with E-state index in [2.05, 4.69) is 15.4 Å². The number of hydrogen-bond donors (Lipinski definition) is 2. The first-order valence-corrected chi connectivity index (χ1v) is 10.9. The summed E-state index contributed by atoms with van der Waals surface area (Å²) in [5.74, 6) is -2.98. The SMILES string of the molecule is CCOC(=O)CC(NC(=O)CNC(=O)c1cc(C(=O)OC)cc([N+](=O)[O-])c1)c1cc(Cl)cc(Cl)c1. The maximum Gasteiger partial charge on any atom is 0.338 e. The van der Waals surface area contributed by atoms with Crippen LogP contribution in [0.25, 0.3) is 0 Å². The molecule has 0 aliphatic rings. The predicted octanol–water partition coefficient (Wildman–Crippen LogP) is 3.23. The summed E-state index contributed by atoms with van der Waals surface area (Å²) in [6.07, 6.45) is -0.225. The Morgan fingerprint density at radius 3 is 2.23 bits per heavy atom. The van der Waals surface area contributed by atoms with Gasteiger partial charge >= 0.3 is 11.9 Å². The Bertz CT molecular complexity index is 1140. The summed E-state index contributed by atoms with van der Waals surface area (Å²) in [6, 6.07) is 6.68. The highest BCUT2D eigenvalue weighted by atomic mass is 35.5. The third kappa shape index (κ3) is 8.23. The highest BCUT2D eigenvalue weighted by Gasteiger charge is 2.22. The molecule has 2 aromatic rings. The molecule has 0 bridgehead atoms. The molecule has 0 heterocycles. The van der Waals surface area contributed by atoms with Crippen molar-refractivity contribution in [3.05, 3.63) is 73.2 Å². The van der Waals surface area contributed by atoms with Crippen LogP contribution in [-0.2, 0) is 19.1 Å². The summed E-state index contributed by atoms with van der Waals surface area (Å²) in [6.45, 7) is 1.24. The zero-order chi connectivity index (χ0) is 26.1. The lowest BCUT2D eigenvalue weighted by Gasteiger charge is -2.19. The fraction of sp³-hybridized carbons (Fsp3) is 0.273. The van der Waals surface area contributed by atoms with Crippen molar-refractivity contribution in [3.8, 4) is 0 Å². The molecule has 2 rings (SSSR count). The Kier molecular flexibility index (Phi) is 9.98. The number of ether oxygens (including phenoxy) is 2. The molecule has 13 heteroatoms. The van der Waals surface area contributed by atoms with Gasteiger partial charge in [-0.25, -0.2) is 4.79 Å². The molecule has 0 aliphatic heterocycles. The van der Waals surface area contributed by atoms with Gasteiger partial charge in [-0.2, -0.15) is 0 Å². The van der Waals surface area contributed by atoms with E-state index in [1.54, 1.807) is 6.92 Å². The van der Waals surface area contributed by atoms with E-state index < -0.39 is 47.0 Å². The largest absolute Gasteiger partial charge is 0.466 e. The second kappa shape index (κ2) is 12.7. The summed E-state index contributed by atoms with van der Waals surface area (Å²) in [7, 11) is 1.09. The first-order valence-electron chi connectivity index (χ1n) is 10.1. The van der Waals surface area contributed by atoms with Crippen molar-refractivity contribution in [2.24, 2.45) is 0 Å². The van der Waals surface area contributed by atoms with Crippen LogP contribution in [0.5, 0.6) is 0 Å². The van der Waals surface area contributed by atoms with E-state index in [4.69, 9.17) is 27.9 Å². The van der Waals surface area contributed by atoms with Crippen molar-refractivity contribution < 1.29 is 33.6 Å². The van der Waals surface area contributed by atoms with Gasteiger partial charge in [0.15, 0.2) is 0 Å². The standard InChI is InChI=1S/C22H21Cl2N3O8/c1-3-35-20(29)10-18(12-5-15(23)9-16(24)6-12)26-19(28)11-25-21(30)13-4-14(22(31)34-2)8-17(7-13)27(32)33/h4-9,18H,3,10-11H2,1-2H3,(H,25,30)(H,26,28). The van der Waals surface area contributed by atoms with Crippen molar-refractivity contribution in [1.29, 1.82) is 0 Å². The summed E-state index contributed by atoms with van der Waals surface area (Å²) in [4.78, 5) is 59.2. The summed E-state index contributed by atoms with van der Waals surface area (Å²) in [5.41, 5.74) is -0.493. The van der Waals surface area contributed by atoms with Crippen LogP contribution >= 0.6 is 23.2 Å². The fourth-order valence-electron chi connectivity index (χ4n) is 3.01. The van der Waals surface area contributed by atoms with Gasteiger partial charge in [0.1, 0.15) is 0 Å². The molecule has 2 amide bonds. The summed E-state index contributed by atoms with van der Waals surface area (Å²) < 4.78 is 9.48. The Hall–Kier alpha value is -3.70. The van der Waals surface area contributed by atoms with Crippen LogP contribution < -0.4 is 10.6 Å². The van der Waals surface area contributed by atoms with Crippen LogP contribution in [0.3, 0.4) is 0 Å². The number of carbonyl (C=O) groups excluding carboxylic acids is 4. The van der Waals surface area contributed by atoms with Crippen molar-refractivity contribution in [3.63, 3.8) is 0 Å². The number of nitrogens with zero attached hydrogens (tertiary/aromatic N) is 1. The number of nitro groups is 1. The van der Waals surface area contributed by atoms with Gasteiger partial charge < -0.3 is 20.1 Å². The van der Waals surface area contributed by atoms with Crippen molar-refractivity contribution in [1.82, 2.24) is 10.6 Å². The number of nitrogens with one attached hydrogen (secondary N) is 2. The monoisotopic (exact) mass is 525 g/mol. The summed E-state index contributed by atoms with van der Waals surface area (Å²) in [5, 5.41) is 16.6. The van der Waals surface area contributed by atoms with Gasteiger partial charge in [-0.05, 0) is 36.8 Å². The average molecular weight is 526 g/mol. The zero-order valence-electron chi connectivity index (χ0n) is 18.6. The number of methoxy groups -OCH3 is 1. The Labute approximate surface area is 209 Å². The first-order chi connectivity index (χ1) is 16.5. The van der Waals surface area contributed by atoms with E-state index >= 15 is 0 Å². The third-order valence-corrected chi connectivity index (χ3v) is 4.96. The predicted molar refractivity (Wildman–Crippen MR) is 125 cm³/mol. The van der Waals surface area contributed by atoms with Gasteiger partial charge in [-0.15, -0.1) is 0 Å². The Balaban J connectivity index is 2.16. The van der Waals surface area contributed by atoms with E-state index in [9.17, 15) is 29.3 Å². The molecular formula is C22H21Cl2N3O8. The van der Waals surface area contributed by atoms with Crippen LogP contribution in [0, 0.1) is 10.1 Å². The number of benzene rings is 2. The second-order valence-corrected chi connectivity index (χ2v) is 7.90. The molecule has 0 saturated heterocycles. The topological polar surface area (TPSA) is 154 Å². The van der Waals surface area contributed by atoms with Gasteiger partial charge in [0.05, 0.1) is 43.2 Å². The van der Waals surface area contributed by atoms with Crippen molar-refractivity contribution in [2.75, 3.05) is 20.3 Å². The highest BCUT2D eigenvalue weighted by molar-refractivity contribution is 6.34. The highest BCUT2D eigenvalue weighted by Crippen LogP contribution is 2.26. The Morgan fingerprint density at radius 2 is 1.66 bits per heavy atom. The lowest BCUT2D eigenvalue weighted by atomic mass is 10.0. The van der Waals surface area contributed by atoms with Crippen LogP contribution in [0.1, 0.15) is 45.7 Å². The number of nitro benzene ring substituents is 1. The zero-order valence-corrected chi connectivity index (χ0v) is 20.1.